The van der Waals surface area contributed by atoms with E-state index in [4.69, 9.17) is 0 Å². The van der Waals surface area contributed by atoms with Crippen LogP contribution in [0.15, 0.2) is 12.3 Å². The van der Waals surface area contributed by atoms with E-state index in [2.05, 4.69) is 22.5 Å². The van der Waals surface area contributed by atoms with Gasteiger partial charge in [-0.1, -0.05) is 0 Å². The summed E-state index contributed by atoms with van der Waals surface area (Å²) in [4.78, 5) is 0. The van der Waals surface area contributed by atoms with Gasteiger partial charge in [0.15, 0.2) is 0 Å². The van der Waals surface area contributed by atoms with Crippen molar-refractivity contribution < 1.29 is 0 Å². The minimum Gasteiger partial charge on any atom is -0.281 e. The molecule has 0 amide bonds. The van der Waals surface area contributed by atoms with Gasteiger partial charge in [0.05, 0.1) is 10.4 Å². The Morgan fingerprint density at radius 1 is 1.70 bits per heavy atom. The van der Waals surface area contributed by atoms with E-state index in [9.17, 15) is 0 Å². The molecular formula is C7H10N2S. The fourth-order valence-corrected chi connectivity index (χ4v) is 2.05. The molecule has 1 fully saturated rings. The highest BCUT2D eigenvalue weighted by Gasteiger charge is 2.44. The Kier molecular flexibility index (Phi) is 1.27. The average Bonchev–Trinajstić information content (AvgIpc) is 2.58. The zero-order valence-electron chi connectivity index (χ0n) is 5.92. The average molecular weight is 154 g/mol. The Balaban J connectivity index is 2.27. The summed E-state index contributed by atoms with van der Waals surface area (Å²) in [5.74, 6) is 0. The Morgan fingerprint density at radius 2 is 2.50 bits per heavy atom. The number of aromatic nitrogens is 2. The maximum Gasteiger partial charge on any atom is 0.0573 e. The number of nitrogens with zero attached hydrogens (tertiary/aromatic N) is 1. The molecule has 3 heteroatoms. The van der Waals surface area contributed by atoms with Crippen LogP contribution in [-0.2, 0) is 4.75 Å². The molecule has 1 aliphatic carbocycles. The zero-order chi connectivity index (χ0) is 7.03. The van der Waals surface area contributed by atoms with Crippen molar-refractivity contribution in [3.8, 4) is 0 Å². The first kappa shape index (κ1) is 6.28. The van der Waals surface area contributed by atoms with Crippen LogP contribution >= 0.6 is 11.8 Å². The van der Waals surface area contributed by atoms with Gasteiger partial charge in [0, 0.05) is 6.20 Å². The molecular weight excluding hydrogens is 144 g/mol. The second-order valence-corrected chi connectivity index (χ2v) is 3.86. The summed E-state index contributed by atoms with van der Waals surface area (Å²) in [6.45, 7) is 0. The summed E-state index contributed by atoms with van der Waals surface area (Å²) >= 11 is 1.92. The number of hydrogen-bond acceptors (Lipinski definition) is 2. The molecule has 0 aliphatic heterocycles. The van der Waals surface area contributed by atoms with Crippen molar-refractivity contribution in [3.63, 3.8) is 0 Å². The standard InChI is InChI=1S/C7H10N2S/c1-10-7(3-4-7)6-2-5-8-9-6/h2,5H,3-4H2,1H3,(H,8,9). The van der Waals surface area contributed by atoms with E-state index in [-0.39, 0.29) is 0 Å². The summed E-state index contributed by atoms with van der Waals surface area (Å²) in [5.41, 5.74) is 1.29. The van der Waals surface area contributed by atoms with Gasteiger partial charge in [-0.2, -0.15) is 16.9 Å². The lowest BCUT2D eigenvalue weighted by Crippen LogP contribution is -1.99. The molecule has 0 saturated heterocycles. The van der Waals surface area contributed by atoms with Crippen LogP contribution < -0.4 is 0 Å². The summed E-state index contributed by atoms with van der Waals surface area (Å²) in [6, 6.07) is 2.07. The topological polar surface area (TPSA) is 28.7 Å². The van der Waals surface area contributed by atoms with Crippen LogP contribution in [0.5, 0.6) is 0 Å². The first-order chi connectivity index (χ1) is 4.87. The van der Waals surface area contributed by atoms with Crippen LogP contribution in [0.3, 0.4) is 0 Å². The predicted octanol–water partition coefficient (Wildman–Crippen LogP) is 1.76. The minimum atomic E-state index is 0.413. The van der Waals surface area contributed by atoms with Crippen LogP contribution in [0.1, 0.15) is 18.5 Å². The van der Waals surface area contributed by atoms with Crippen molar-refractivity contribution >= 4 is 11.8 Å². The van der Waals surface area contributed by atoms with E-state index in [0.717, 1.165) is 0 Å². The molecule has 1 aliphatic rings. The van der Waals surface area contributed by atoms with Gasteiger partial charge < -0.3 is 0 Å². The van der Waals surface area contributed by atoms with Crippen LogP contribution in [0.4, 0.5) is 0 Å². The van der Waals surface area contributed by atoms with Crippen molar-refractivity contribution in [2.75, 3.05) is 6.26 Å². The van der Waals surface area contributed by atoms with Gasteiger partial charge in [-0.15, -0.1) is 0 Å². The lowest BCUT2D eigenvalue weighted by atomic mass is 10.3. The molecule has 1 saturated carbocycles. The fourth-order valence-electron chi connectivity index (χ4n) is 1.21. The van der Waals surface area contributed by atoms with E-state index in [1.54, 1.807) is 0 Å². The smallest absolute Gasteiger partial charge is 0.0573 e. The molecule has 2 nitrogen and oxygen atoms in total. The lowest BCUT2D eigenvalue weighted by molar-refractivity contribution is 0.918. The van der Waals surface area contributed by atoms with Gasteiger partial charge in [0.1, 0.15) is 0 Å². The van der Waals surface area contributed by atoms with Crippen molar-refractivity contribution in [1.82, 2.24) is 10.2 Å². The highest BCUT2D eigenvalue weighted by Crippen LogP contribution is 2.55. The summed E-state index contributed by atoms with van der Waals surface area (Å²) < 4.78 is 0.413. The lowest BCUT2D eigenvalue weighted by Gasteiger charge is -2.06. The second-order valence-electron chi connectivity index (χ2n) is 2.67. The van der Waals surface area contributed by atoms with Gasteiger partial charge >= 0.3 is 0 Å². The van der Waals surface area contributed by atoms with Crippen molar-refractivity contribution in [2.24, 2.45) is 0 Å². The molecule has 1 N–H and O–H groups in total. The SMILES string of the molecule is CSC1(c2ccn[nH]2)CC1. The van der Waals surface area contributed by atoms with Gasteiger partial charge in [-0.05, 0) is 25.2 Å². The Bertz CT molecular complexity index is 214. The van der Waals surface area contributed by atoms with Gasteiger partial charge in [0.2, 0.25) is 0 Å². The quantitative estimate of drug-likeness (QED) is 0.703. The third-order valence-electron chi connectivity index (χ3n) is 2.09. The molecule has 1 aromatic rings. The van der Waals surface area contributed by atoms with E-state index in [0.29, 0.717) is 4.75 Å². The fraction of sp³-hybridized carbons (Fsp3) is 0.571. The highest BCUT2D eigenvalue weighted by molar-refractivity contribution is 7.99. The van der Waals surface area contributed by atoms with Crippen LogP contribution in [0, 0.1) is 0 Å². The van der Waals surface area contributed by atoms with E-state index < -0.39 is 0 Å². The second kappa shape index (κ2) is 2.02. The van der Waals surface area contributed by atoms with E-state index >= 15 is 0 Å². The Hall–Kier alpha value is -0.440. The molecule has 54 valence electrons. The van der Waals surface area contributed by atoms with E-state index in [1.807, 2.05) is 18.0 Å². The molecule has 0 bridgehead atoms. The molecule has 0 radical (unpaired) electrons. The molecule has 0 atom stereocenters. The zero-order valence-corrected chi connectivity index (χ0v) is 6.74. The number of rotatable bonds is 2. The Labute approximate surface area is 64.4 Å². The predicted molar refractivity (Wildman–Crippen MR) is 43.0 cm³/mol. The van der Waals surface area contributed by atoms with E-state index in [1.165, 1.54) is 18.5 Å². The van der Waals surface area contributed by atoms with Crippen molar-refractivity contribution in [3.05, 3.63) is 18.0 Å². The minimum absolute atomic E-state index is 0.413. The van der Waals surface area contributed by atoms with Crippen LogP contribution in [0.2, 0.25) is 0 Å². The molecule has 1 heterocycles. The molecule has 2 rings (SSSR count). The maximum absolute atomic E-state index is 3.94. The number of nitrogens with one attached hydrogen (secondary N) is 1. The molecule has 0 aromatic carbocycles. The van der Waals surface area contributed by atoms with Crippen LogP contribution in [-0.4, -0.2) is 16.5 Å². The number of aromatic amines is 1. The normalized spacial score (nSPS) is 20.9. The van der Waals surface area contributed by atoms with Gasteiger partial charge in [-0.25, -0.2) is 0 Å². The highest BCUT2D eigenvalue weighted by atomic mass is 32.2. The number of H-pyrrole nitrogens is 1. The molecule has 1 aromatic heterocycles. The molecule has 0 spiro atoms. The van der Waals surface area contributed by atoms with Crippen molar-refractivity contribution in [1.29, 1.82) is 0 Å². The van der Waals surface area contributed by atoms with Crippen molar-refractivity contribution in [2.45, 2.75) is 17.6 Å². The van der Waals surface area contributed by atoms with Crippen LogP contribution in [0.25, 0.3) is 0 Å². The first-order valence-corrected chi connectivity index (χ1v) is 4.65. The maximum atomic E-state index is 3.94. The largest absolute Gasteiger partial charge is 0.281 e. The molecule has 0 unspecified atom stereocenters. The monoisotopic (exact) mass is 154 g/mol. The third-order valence-corrected chi connectivity index (χ3v) is 3.50. The molecule has 10 heavy (non-hydrogen) atoms. The first-order valence-electron chi connectivity index (χ1n) is 3.42. The summed E-state index contributed by atoms with van der Waals surface area (Å²) in [7, 11) is 0. The Morgan fingerprint density at radius 3 is 2.90 bits per heavy atom. The number of thioether (sulfide) groups is 1. The number of hydrogen-bond donors (Lipinski definition) is 1. The third kappa shape index (κ3) is 0.770. The van der Waals surface area contributed by atoms with Gasteiger partial charge in [0.25, 0.3) is 0 Å². The summed E-state index contributed by atoms with van der Waals surface area (Å²) in [6.07, 6.45) is 6.59. The summed E-state index contributed by atoms with van der Waals surface area (Å²) in [5, 5.41) is 6.96. The van der Waals surface area contributed by atoms with Gasteiger partial charge in [-0.3, -0.25) is 5.10 Å².